The first-order valence-corrected chi connectivity index (χ1v) is 11.8. The molecule has 0 aliphatic carbocycles. The van der Waals surface area contributed by atoms with Crippen LogP contribution in [0.15, 0.2) is 69.9 Å². The monoisotopic (exact) mass is 434 g/mol. The minimum Gasteiger partial charge on any atom is -0.493 e. The molecule has 1 heterocycles. The number of fused-ring (bicyclic) bond motifs is 1. The van der Waals surface area contributed by atoms with E-state index >= 15 is 0 Å². The fraction of sp³-hybridized carbons (Fsp3) is 0.393. The lowest BCUT2D eigenvalue weighted by atomic mass is 10.0. The summed E-state index contributed by atoms with van der Waals surface area (Å²) < 4.78 is 11.4. The molecule has 1 aromatic heterocycles. The summed E-state index contributed by atoms with van der Waals surface area (Å²) in [6.07, 6.45) is 12.5. The van der Waals surface area contributed by atoms with Gasteiger partial charge in [-0.1, -0.05) is 56.2 Å². The van der Waals surface area contributed by atoms with Crippen LogP contribution in [-0.4, -0.2) is 18.3 Å². The number of rotatable bonds is 13. The van der Waals surface area contributed by atoms with Gasteiger partial charge in [0.1, 0.15) is 11.3 Å². The van der Waals surface area contributed by atoms with Crippen molar-refractivity contribution in [2.45, 2.75) is 58.3 Å². The van der Waals surface area contributed by atoms with Crippen molar-refractivity contribution in [1.82, 2.24) is 0 Å². The van der Waals surface area contributed by atoms with Gasteiger partial charge < -0.3 is 14.3 Å². The van der Waals surface area contributed by atoms with E-state index < -0.39 is 0 Å². The fourth-order valence-electron chi connectivity index (χ4n) is 3.65. The van der Waals surface area contributed by atoms with Gasteiger partial charge in [-0.05, 0) is 67.9 Å². The molecular formula is C28H34O4. The molecule has 0 bridgehead atoms. The van der Waals surface area contributed by atoms with Crippen LogP contribution in [0.2, 0.25) is 0 Å². The van der Waals surface area contributed by atoms with Crippen molar-refractivity contribution < 1.29 is 14.3 Å². The predicted octanol–water partition coefficient (Wildman–Crippen LogP) is 6.68. The summed E-state index contributed by atoms with van der Waals surface area (Å²) >= 11 is 0. The van der Waals surface area contributed by atoms with Crippen molar-refractivity contribution in [3.63, 3.8) is 0 Å². The minimum absolute atomic E-state index is 0.235. The maximum atomic E-state index is 12.6. The van der Waals surface area contributed by atoms with E-state index in [1.165, 1.54) is 24.8 Å². The summed E-state index contributed by atoms with van der Waals surface area (Å²) in [6, 6.07) is 15.8. The third-order valence-electron chi connectivity index (χ3n) is 5.52. The number of aryl methyl sites for hydroxylation is 1. The van der Waals surface area contributed by atoms with Crippen LogP contribution >= 0.6 is 0 Å². The Hall–Kier alpha value is -2.85. The van der Waals surface area contributed by atoms with Crippen molar-refractivity contribution in [1.29, 1.82) is 0 Å². The maximum Gasteiger partial charge on any atom is 0.344 e. The Bertz CT molecular complexity index is 1050. The molecule has 2 aromatic carbocycles. The van der Waals surface area contributed by atoms with E-state index in [0.29, 0.717) is 23.5 Å². The summed E-state index contributed by atoms with van der Waals surface area (Å²) in [5, 5.41) is 9.64. The number of aliphatic hydroxyl groups excluding tert-OH is 1. The SMILES string of the molecule is CCCCCc1ccc(-c2cc3ccc(OCCCC=CCCCO)cc3oc2=O)cc1. The van der Waals surface area contributed by atoms with Gasteiger partial charge in [0, 0.05) is 18.1 Å². The van der Waals surface area contributed by atoms with Crippen LogP contribution in [0.25, 0.3) is 22.1 Å². The number of ether oxygens (including phenoxy) is 1. The highest BCUT2D eigenvalue weighted by Crippen LogP contribution is 2.25. The molecule has 0 saturated carbocycles. The molecule has 0 radical (unpaired) electrons. The van der Waals surface area contributed by atoms with Gasteiger partial charge in [-0.15, -0.1) is 0 Å². The van der Waals surface area contributed by atoms with Crippen LogP contribution in [0.1, 0.15) is 57.4 Å². The molecule has 0 atom stereocenters. The number of aliphatic hydroxyl groups is 1. The molecule has 0 spiro atoms. The molecule has 1 N–H and O–H groups in total. The number of hydrogen-bond donors (Lipinski definition) is 1. The molecule has 170 valence electrons. The average molecular weight is 435 g/mol. The van der Waals surface area contributed by atoms with Crippen LogP contribution in [0, 0.1) is 0 Å². The maximum absolute atomic E-state index is 12.6. The van der Waals surface area contributed by atoms with Crippen molar-refractivity contribution in [2.75, 3.05) is 13.2 Å². The Kier molecular flexibility index (Phi) is 9.58. The second-order valence-corrected chi connectivity index (χ2v) is 8.13. The van der Waals surface area contributed by atoms with Crippen molar-refractivity contribution >= 4 is 11.0 Å². The first-order chi connectivity index (χ1) is 15.7. The van der Waals surface area contributed by atoms with E-state index in [-0.39, 0.29) is 12.2 Å². The molecule has 0 aliphatic heterocycles. The smallest absolute Gasteiger partial charge is 0.344 e. The fourth-order valence-corrected chi connectivity index (χ4v) is 3.65. The second-order valence-electron chi connectivity index (χ2n) is 8.13. The van der Waals surface area contributed by atoms with Gasteiger partial charge in [0.25, 0.3) is 0 Å². The zero-order chi connectivity index (χ0) is 22.6. The van der Waals surface area contributed by atoms with E-state index in [2.05, 4.69) is 31.2 Å². The van der Waals surface area contributed by atoms with Crippen molar-refractivity contribution in [3.05, 3.63) is 76.7 Å². The lowest BCUT2D eigenvalue weighted by Gasteiger charge is -2.08. The molecular weight excluding hydrogens is 400 g/mol. The number of allylic oxidation sites excluding steroid dienone is 2. The van der Waals surface area contributed by atoms with Gasteiger partial charge in [-0.2, -0.15) is 0 Å². The van der Waals surface area contributed by atoms with Gasteiger partial charge in [0.05, 0.1) is 12.2 Å². The Morgan fingerprint density at radius 1 is 0.938 bits per heavy atom. The van der Waals surface area contributed by atoms with Crippen LogP contribution in [0.4, 0.5) is 0 Å². The molecule has 0 saturated heterocycles. The molecule has 0 unspecified atom stereocenters. The molecule has 0 aliphatic rings. The Morgan fingerprint density at radius 2 is 1.72 bits per heavy atom. The summed E-state index contributed by atoms with van der Waals surface area (Å²) in [4.78, 5) is 12.6. The molecule has 3 aromatic rings. The summed E-state index contributed by atoms with van der Waals surface area (Å²) in [5.74, 6) is 0.703. The Balaban J connectivity index is 1.61. The Morgan fingerprint density at radius 3 is 2.47 bits per heavy atom. The van der Waals surface area contributed by atoms with Gasteiger partial charge in [0.15, 0.2) is 0 Å². The lowest BCUT2D eigenvalue weighted by Crippen LogP contribution is -2.03. The second kappa shape index (κ2) is 12.9. The van der Waals surface area contributed by atoms with E-state index in [9.17, 15) is 4.79 Å². The average Bonchev–Trinajstić information content (AvgIpc) is 2.81. The molecule has 3 rings (SSSR count). The zero-order valence-electron chi connectivity index (χ0n) is 19.0. The Labute approximate surface area is 190 Å². The standard InChI is InChI=1S/C28H34O4/c1-2-3-8-11-22-12-14-23(15-13-22)26-20-24-16-17-25(21-27(24)32-28(26)30)31-19-10-7-5-4-6-9-18-29/h4-5,12-17,20-21,29H,2-3,6-11,18-19H2,1H3. The number of hydrogen-bond acceptors (Lipinski definition) is 4. The van der Waals surface area contributed by atoms with Gasteiger partial charge in [-0.3, -0.25) is 0 Å². The number of benzene rings is 2. The summed E-state index contributed by atoms with van der Waals surface area (Å²) in [5.41, 5.74) is 2.97. The van der Waals surface area contributed by atoms with Crippen LogP contribution < -0.4 is 10.4 Å². The van der Waals surface area contributed by atoms with Gasteiger partial charge in [-0.25, -0.2) is 4.79 Å². The largest absolute Gasteiger partial charge is 0.493 e. The van der Waals surface area contributed by atoms with E-state index in [0.717, 1.165) is 43.1 Å². The topological polar surface area (TPSA) is 59.7 Å². The quantitative estimate of drug-likeness (QED) is 0.185. The van der Waals surface area contributed by atoms with E-state index in [1.807, 2.05) is 30.3 Å². The van der Waals surface area contributed by atoms with Crippen molar-refractivity contribution in [3.8, 4) is 16.9 Å². The highest BCUT2D eigenvalue weighted by atomic mass is 16.5. The van der Waals surface area contributed by atoms with E-state index in [4.69, 9.17) is 14.3 Å². The predicted molar refractivity (Wildman–Crippen MR) is 131 cm³/mol. The van der Waals surface area contributed by atoms with Crippen LogP contribution in [-0.2, 0) is 6.42 Å². The third kappa shape index (κ3) is 7.10. The molecule has 4 nitrogen and oxygen atoms in total. The first-order valence-electron chi connectivity index (χ1n) is 11.8. The zero-order valence-corrected chi connectivity index (χ0v) is 19.0. The lowest BCUT2D eigenvalue weighted by molar-refractivity contribution is 0.289. The first kappa shape index (κ1) is 23.8. The van der Waals surface area contributed by atoms with E-state index in [1.54, 1.807) is 6.07 Å². The molecule has 32 heavy (non-hydrogen) atoms. The van der Waals surface area contributed by atoms with Crippen LogP contribution in [0.3, 0.4) is 0 Å². The van der Waals surface area contributed by atoms with Crippen LogP contribution in [0.5, 0.6) is 5.75 Å². The normalized spacial score (nSPS) is 11.4. The summed E-state index contributed by atoms with van der Waals surface area (Å²) in [7, 11) is 0. The number of unbranched alkanes of at least 4 members (excludes halogenated alkanes) is 4. The molecule has 0 amide bonds. The van der Waals surface area contributed by atoms with Gasteiger partial charge in [0.2, 0.25) is 0 Å². The minimum atomic E-state index is -0.332. The molecule has 0 fully saturated rings. The van der Waals surface area contributed by atoms with Crippen molar-refractivity contribution in [2.24, 2.45) is 0 Å². The van der Waals surface area contributed by atoms with Gasteiger partial charge >= 0.3 is 5.63 Å². The highest BCUT2D eigenvalue weighted by Gasteiger charge is 2.09. The highest BCUT2D eigenvalue weighted by molar-refractivity contribution is 5.82. The summed E-state index contributed by atoms with van der Waals surface area (Å²) in [6.45, 7) is 3.04. The third-order valence-corrected chi connectivity index (χ3v) is 5.52. The molecule has 4 heteroatoms.